The van der Waals surface area contributed by atoms with Gasteiger partial charge in [-0.1, -0.05) is 37.6 Å². The molecule has 0 spiro atoms. The molecule has 40 heavy (non-hydrogen) atoms. The number of hydrogen-bond acceptors (Lipinski definition) is 5. The minimum absolute atomic E-state index is 0.0309. The zero-order valence-electron chi connectivity index (χ0n) is 24.7. The van der Waals surface area contributed by atoms with E-state index in [1.807, 2.05) is 32.2 Å². The summed E-state index contributed by atoms with van der Waals surface area (Å²) in [6.07, 6.45) is 6.27. The molecule has 7 heteroatoms. The molecule has 1 aromatic heterocycles. The Balaban J connectivity index is 0.00000181. The van der Waals surface area contributed by atoms with Crippen LogP contribution in [0, 0.1) is 13.8 Å². The third kappa shape index (κ3) is 6.67. The van der Waals surface area contributed by atoms with Crippen LogP contribution in [0.5, 0.6) is 11.5 Å². The number of anilines is 1. The van der Waals surface area contributed by atoms with Crippen molar-refractivity contribution in [1.29, 1.82) is 0 Å². The molecule has 2 unspecified atom stereocenters. The van der Waals surface area contributed by atoms with Gasteiger partial charge in [0.05, 0.1) is 18.7 Å². The van der Waals surface area contributed by atoms with Crippen LogP contribution in [0.25, 0.3) is 0 Å². The summed E-state index contributed by atoms with van der Waals surface area (Å²) in [6.45, 7) is 12.7. The fourth-order valence-corrected chi connectivity index (χ4v) is 6.25. The molecule has 0 aliphatic carbocycles. The van der Waals surface area contributed by atoms with Crippen LogP contribution < -0.4 is 19.9 Å². The Kier molecular flexibility index (Phi) is 10.6. The predicted molar refractivity (Wildman–Crippen MR) is 165 cm³/mol. The number of pyridine rings is 1. The summed E-state index contributed by atoms with van der Waals surface area (Å²) in [5.74, 6) is 1.68. The Labute approximate surface area is 244 Å². The van der Waals surface area contributed by atoms with Crippen molar-refractivity contribution < 1.29 is 9.47 Å². The summed E-state index contributed by atoms with van der Waals surface area (Å²) >= 11 is 6.27. The Morgan fingerprint density at radius 2 is 1.80 bits per heavy atom. The van der Waals surface area contributed by atoms with Gasteiger partial charge in [0.2, 0.25) is 5.56 Å². The lowest BCUT2D eigenvalue weighted by atomic mass is 9.86. The highest BCUT2D eigenvalue weighted by Gasteiger charge is 2.36. The third-order valence-corrected chi connectivity index (χ3v) is 8.59. The van der Waals surface area contributed by atoms with Crippen LogP contribution in [0.2, 0.25) is 5.02 Å². The lowest BCUT2D eigenvalue weighted by Crippen LogP contribution is -2.56. The van der Waals surface area contributed by atoms with E-state index in [2.05, 4.69) is 47.9 Å². The summed E-state index contributed by atoms with van der Waals surface area (Å²) in [5.41, 5.74) is 5.18. The van der Waals surface area contributed by atoms with E-state index < -0.39 is 0 Å². The summed E-state index contributed by atoms with van der Waals surface area (Å²) in [5, 5.41) is 0.651. The highest BCUT2D eigenvalue weighted by Crippen LogP contribution is 2.40. The molecule has 3 aromatic rings. The van der Waals surface area contributed by atoms with Crippen LogP contribution in [0.4, 0.5) is 5.69 Å². The van der Waals surface area contributed by atoms with Crippen molar-refractivity contribution in [2.45, 2.75) is 72.0 Å². The largest absolute Gasteiger partial charge is 0.495 e. The van der Waals surface area contributed by atoms with Gasteiger partial charge in [0.25, 0.3) is 0 Å². The van der Waals surface area contributed by atoms with E-state index in [-0.39, 0.29) is 5.56 Å². The number of ether oxygens (including phenoxy) is 2. The van der Waals surface area contributed by atoms with E-state index in [0.29, 0.717) is 30.3 Å². The van der Waals surface area contributed by atoms with Crippen molar-refractivity contribution in [2.24, 2.45) is 0 Å². The molecule has 0 radical (unpaired) electrons. The summed E-state index contributed by atoms with van der Waals surface area (Å²) in [7, 11) is 1.67. The SMILES string of the molecule is CC.COc1cc(N2CCN3C(CCCC3c3ccc(OCCCn4ccccc4=O)c(C)c3C)C2)ccc1Cl. The van der Waals surface area contributed by atoms with Crippen molar-refractivity contribution in [3.63, 3.8) is 0 Å². The van der Waals surface area contributed by atoms with Gasteiger partial charge in [-0.15, -0.1) is 0 Å². The number of fused-ring (bicyclic) bond motifs is 1. The Bertz CT molecular complexity index is 1320. The summed E-state index contributed by atoms with van der Waals surface area (Å²) in [6, 6.07) is 16.7. The van der Waals surface area contributed by atoms with Gasteiger partial charge in [-0.05, 0) is 80.5 Å². The first kappa shape index (κ1) is 30.0. The Morgan fingerprint density at radius 3 is 2.58 bits per heavy atom. The fraction of sp³-hybridized carbons (Fsp3) is 0.485. The van der Waals surface area contributed by atoms with Gasteiger partial charge >= 0.3 is 0 Å². The molecule has 2 aromatic carbocycles. The Morgan fingerprint density at radius 1 is 0.975 bits per heavy atom. The van der Waals surface area contributed by atoms with Gasteiger partial charge in [-0.2, -0.15) is 0 Å². The van der Waals surface area contributed by atoms with Gasteiger partial charge in [0, 0.05) is 62.3 Å². The zero-order chi connectivity index (χ0) is 28.6. The third-order valence-electron chi connectivity index (χ3n) is 8.28. The maximum absolute atomic E-state index is 11.9. The molecule has 2 saturated heterocycles. The minimum atomic E-state index is 0.0309. The molecule has 216 valence electrons. The lowest BCUT2D eigenvalue weighted by molar-refractivity contribution is 0.0712. The average molecular weight is 566 g/mol. The number of benzene rings is 2. The summed E-state index contributed by atoms with van der Waals surface area (Å²) < 4.78 is 13.3. The number of rotatable bonds is 8. The maximum atomic E-state index is 11.9. The van der Waals surface area contributed by atoms with E-state index in [9.17, 15) is 4.79 Å². The van der Waals surface area contributed by atoms with Crippen molar-refractivity contribution in [2.75, 3.05) is 38.3 Å². The molecule has 2 aliphatic rings. The number of hydrogen-bond donors (Lipinski definition) is 0. The quantitative estimate of drug-likeness (QED) is 0.274. The second-order valence-corrected chi connectivity index (χ2v) is 10.8. The lowest BCUT2D eigenvalue weighted by Gasteiger charge is -2.49. The number of nitrogens with zero attached hydrogens (tertiary/aromatic N) is 3. The zero-order valence-corrected chi connectivity index (χ0v) is 25.4. The molecule has 6 nitrogen and oxygen atoms in total. The molecule has 0 amide bonds. The highest BCUT2D eigenvalue weighted by atomic mass is 35.5. The molecule has 0 saturated carbocycles. The topological polar surface area (TPSA) is 46.9 Å². The second-order valence-electron chi connectivity index (χ2n) is 10.4. The smallest absolute Gasteiger partial charge is 0.250 e. The monoisotopic (exact) mass is 565 g/mol. The summed E-state index contributed by atoms with van der Waals surface area (Å²) in [4.78, 5) is 17.1. The van der Waals surface area contributed by atoms with Crippen LogP contribution in [0.1, 0.15) is 62.3 Å². The van der Waals surface area contributed by atoms with E-state index in [1.165, 1.54) is 41.6 Å². The van der Waals surface area contributed by atoms with Gasteiger partial charge < -0.3 is 18.9 Å². The van der Waals surface area contributed by atoms with Crippen molar-refractivity contribution in [3.8, 4) is 11.5 Å². The average Bonchev–Trinajstić information content (AvgIpc) is 2.99. The van der Waals surface area contributed by atoms with Gasteiger partial charge in [0.15, 0.2) is 0 Å². The van der Waals surface area contributed by atoms with Crippen molar-refractivity contribution in [1.82, 2.24) is 9.47 Å². The van der Waals surface area contributed by atoms with E-state index in [4.69, 9.17) is 21.1 Å². The molecule has 5 rings (SSSR count). The molecule has 2 aliphatic heterocycles. The first-order valence-electron chi connectivity index (χ1n) is 14.7. The number of piperidine rings is 1. The maximum Gasteiger partial charge on any atom is 0.250 e. The van der Waals surface area contributed by atoms with Crippen molar-refractivity contribution >= 4 is 17.3 Å². The van der Waals surface area contributed by atoms with E-state index >= 15 is 0 Å². The molecular formula is C33H44ClN3O3. The molecule has 0 bridgehead atoms. The van der Waals surface area contributed by atoms with Gasteiger partial charge in [-0.25, -0.2) is 0 Å². The number of halogens is 1. The van der Waals surface area contributed by atoms with Crippen LogP contribution in [-0.2, 0) is 6.54 Å². The Hall–Kier alpha value is -2.96. The van der Waals surface area contributed by atoms with Crippen LogP contribution >= 0.6 is 11.6 Å². The van der Waals surface area contributed by atoms with E-state index in [0.717, 1.165) is 37.6 Å². The first-order valence-corrected chi connectivity index (χ1v) is 15.1. The van der Waals surface area contributed by atoms with Crippen LogP contribution in [-0.4, -0.2) is 48.9 Å². The number of aromatic nitrogens is 1. The predicted octanol–water partition coefficient (Wildman–Crippen LogP) is 7.04. The number of methoxy groups -OCH3 is 1. The highest BCUT2D eigenvalue weighted by molar-refractivity contribution is 6.32. The number of aryl methyl sites for hydroxylation is 1. The normalized spacial score (nSPS) is 18.9. The van der Waals surface area contributed by atoms with Crippen molar-refractivity contribution in [3.05, 3.63) is 86.8 Å². The molecule has 0 N–H and O–H groups in total. The van der Waals surface area contributed by atoms with E-state index in [1.54, 1.807) is 23.8 Å². The van der Waals surface area contributed by atoms with Gasteiger partial charge in [-0.3, -0.25) is 9.69 Å². The molecule has 2 fully saturated rings. The minimum Gasteiger partial charge on any atom is -0.495 e. The molecule has 3 heterocycles. The van der Waals surface area contributed by atoms with Crippen LogP contribution in [0.15, 0.2) is 59.5 Å². The van der Waals surface area contributed by atoms with Crippen LogP contribution in [0.3, 0.4) is 0 Å². The second kappa shape index (κ2) is 14.1. The fourth-order valence-electron chi connectivity index (χ4n) is 6.06. The standard InChI is InChI=1S/C31H38ClN3O3.C2H6/c1-22-23(2)29(38-19-7-16-33-15-5-4-10-31(33)36)14-12-26(22)28-9-6-8-25-21-34(17-18-35(25)28)24-11-13-27(32)30(20-24)37-3;1-2/h4-5,10-15,20,25,28H,6-9,16-19,21H2,1-3H3;1-2H3. The molecule has 2 atom stereocenters. The van der Waals surface area contributed by atoms with Gasteiger partial charge in [0.1, 0.15) is 11.5 Å². The molecular weight excluding hydrogens is 522 g/mol. The number of piperazine rings is 1. The first-order chi connectivity index (χ1) is 19.5.